The van der Waals surface area contributed by atoms with Gasteiger partial charge in [-0.3, -0.25) is 23.8 Å². The van der Waals surface area contributed by atoms with Crippen molar-refractivity contribution in [2.75, 3.05) is 25.4 Å². The fourth-order valence-corrected chi connectivity index (χ4v) is 6.25. The van der Waals surface area contributed by atoms with Crippen molar-refractivity contribution < 1.29 is 42.0 Å². The number of β-lactam (4-membered cyclic amide) rings is 1. The second kappa shape index (κ2) is 14.7. The smallest absolute Gasteiger partial charge is 0.362 e. The lowest BCUT2D eigenvalue weighted by Crippen LogP contribution is -2.73. The molecule has 2 aliphatic heterocycles. The van der Waals surface area contributed by atoms with Crippen LogP contribution in [0.5, 0.6) is 5.75 Å². The second-order valence-electron chi connectivity index (χ2n) is 10.5. The summed E-state index contributed by atoms with van der Waals surface area (Å²) in [7, 11) is -4.98. The van der Waals surface area contributed by atoms with Crippen LogP contribution in [0.4, 0.5) is 5.13 Å². The second-order valence-corrected chi connectivity index (χ2v) is 12.7. The fraction of sp³-hybridized carbons (Fsp3) is 0.385. The molecule has 2 fully saturated rings. The summed E-state index contributed by atoms with van der Waals surface area (Å²) in [6.45, 7) is 0.947. The van der Waals surface area contributed by atoms with Crippen LogP contribution in [-0.2, 0) is 36.1 Å². The maximum absolute atomic E-state index is 13.4. The molecule has 2 aliphatic rings. The van der Waals surface area contributed by atoms with Crippen LogP contribution in [0, 0.1) is 0 Å². The lowest BCUT2D eigenvalue weighted by molar-refractivity contribution is -0.152. The highest BCUT2D eigenvalue weighted by molar-refractivity contribution is 7.84. The van der Waals surface area contributed by atoms with Gasteiger partial charge in [-0.15, -0.1) is 11.3 Å². The van der Waals surface area contributed by atoms with Gasteiger partial charge in [0.15, 0.2) is 10.8 Å². The Morgan fingerprint density at radius 3 is 2.56 bits per heavy atom. The van der Waals surface area contributed by atoms with Crippen LogP contribution < -0.4 is 26.8 Å². The molecule has 20 nitrogen and oxygen atoms in total. The monoisotopic (exact) mass is 705 g/mol. The minimum atomic E-state index is -4.98. The molecule has 4 heterocycles. The Hall–Kier alpha value is -5.19. The first-order valence-electron chi connectivity index (χ1n) is 14.3. The van der Waals surface area contributed by atoms with Gasteiger partial charge in [0.25, 0.3) is 17.9 Å². The molecule has 2 aromatic heterocycles. The number of nitrogens with one attached hydrogen (secondary N) is 2. The Morgan fingerprint density at radius 1 is 1.23 bits per heavy atom. The zero-order valence-corrected chi connectivity index (χ0v) is 26.6. The number of carboxylic acid groups (broad SMARTS) is 1. The molecule has 2 amide bonds. The first-order valence-corrected chi connectivity index (χ1v) is 16.6. The van der Waals surface area contributed by atoms with E-state index in [1.807, 2.05) is 0 Å². The van der Waals surface area contributed by atoms with Gasteiger partial charge in [0, 0.05) is 10.9 Å². The SMILES string of the molecule is NC(=NC1CCNCC1)c1ccc(OC[C@H](O/N=C(\C(=O)NC2C(=O)N(S(=O)(=O)O)[C@H]2Cn2cncn2)c2csc(N)n2)C(=O)O)cc1. The van der Waals surface area contributed by atoms with E-state index in [9.17, 15) is 32.5 Å². The number of amidine groups is 1. The van der Waals surface area contributed by atoms with Crippen LogP contribution in [-0.4, -0.2) is 115 Å². The van der Waals surface area contributed by atoms with Crippen LogP contribution >= 0.6 is 11.3 Å². The first-order chi connectivity index (χ1) is 22.9. The Kier molecular flexibility index (Phi) is 10.5. The largest absolute Gasteiger partial charge is 0.489 e. The number of carbonyl (C=O) groups is 3. The summed E-state index contributed by atoms with van der Waals surface area (Å²) in [6.07, 6.45) is 2.47. The maximum atomic E-state index is 13.4. The number of benzene rings is 1. The summed E-state index contributed by atoms with van der Waals surface area (Å²) >= 11 is 0.940. The number of oxime groups is 1. The number of thiazole rings is 1. The molecule has 256 valence electrons. The summed E-state index contributed by atoms with van der Waals surface area (Å²) in [4.78, 5) is 55.5. The highest BCUT2D eigenvalue weighted by Gasteiger charge is 2.54. The Labute approximate surface area is 276 Å². The van der Waals surface area contributed by atoms with Crippen molar-refractivity contribution in [3.05, 3.63) is 53.6 Å². The van der Waals surface area contributed by atoms with Gasteiger partial charge in [-0.25, -0.2) is 19.1 Å². The predicted octanol–water partition coefficient (Wildman–Crippen LogP) is -1.77. The summed E-state index contributed by atoms with van der Waals surface area (Å²) in [5.74, 6) is -3.03. The molecule has 3 atom stereocenters. The molecular weight excluding hydrogens is 674 g/mol. The van der Waals surface area contributed by atoms with Crippen molar-refractivity contribution in [2.24, 2.45) is 15.9 Å². The summed E-state index contributed by atoms with van der Waals surface area (Å²) in [5.41, 5.74) is 11.8. The van der Waals surface area contributed by atoms with Crippen LogP contribution in [0.1, 0.15) is 24.1 Å². The normalized spacial score (nSPS) is 19.8. The van der Waals surface area contributed by atoms with Crippen LogP contribution in [0.3, 0.4) is 0 Å². The molecule has 3 aromatic rings. The molecule has 8 N–H and O–H groups in total. The van der Waals surface area contributed by atoms with Crippen LogP contribution in [0.25, 0.3) is 0 Å². The molecule has 0 aliphatic carbocycles. The number of aromatic nitrogens is 4. The van der Waals surface area contributed by atoms with E-state index in [1.165, 1.54) is 22.7 Å². The number of aliphatic imine (C=N–C) groups is 1. The van der Waals surface area contributed by atoms with Crippen LogP contribution in [0.15, 0.2) is 52.4 Å². The number of hydrogen-bond donors (Lipinski definition) is 6. The van der Waals surface area contributed by atoms with Gasteiger partial charge < -0.3 is 36.8 Å². The number of hydrogen-bond acceptors (Lipinski definition) is 15. The number of rotatable bonds is 14. The van der Waals surface area contributed by atoms with Gasteiger partial charge in [0.1, 0.15) is 42.6 Å². The summed E-state index contributed by atoms with van der Waals surface area (Å²) in [5, 5.41) is 24.3. The number of aliphatic carboxylic acids is 1. The van der Waals surface area contributed by atoms with Crippen LogP contribution in [0.2, 0.25) is 0 Å². The minimum Gasteiger partial charge on any atom is -0.489 e. The van der Waals surface area contributed by atoms with E-state index in [-0.39, 0.29) is 27.7 Å². The lowest BCUT2D eigenvalue weighted by Gasteiger charge is -2.43. The quantitative estimate of drug-likeness (QED) is 0.0355. The van der Waals surface area contributed by atoms with Gasteiger partial charge in [-0.2, -0.15) is 13.5 Å². The first kappa shape index (κ1) is 34.2. The van der Waals surface area contributed by atoms with E-state index in [0.717, 1.165) is 37.3 Å². The Balaban J connectivity index is 1.27. The van der Waals surface area contributed by atoms with E-state index in [0.29, 0.717) is 17.1 Å². The van der Waals surface area contributed by atoms with E-state index in [4.69, 9.17) is 21.0 Å². The van der Waals surface area contributed by atoms with E-state index < -0.39 is 58.6 Å². The fourth-order valence-electron chi connectivity index (χ4n) is 4.83. The van der Waals surface area contributed by atoms with Crippen molar-refractivity contribution in [1.29, 1.82) is 0 Å². The number of piperidine rings is 1. The zero-order valence-electron chi connectivity index (χ0n) is 24.9. The van der Waals surface area contributed by atoms with E-state index in [1.54, 1.807) is 24.3 Å². The molecule has 0 spiro atoms. The molecule has 0 bridgehead atoms. The van der Waals surface area contributed by atoms with Gasteiger partial charge in [0.05, 0.1) is 18.6 Å². The van der Waals surface area contributed by atoms with Crippen molar-refractivity contribution in [3.63, 3.8) is 0 Å². The van der Waals surface area contributed by atoms with Crippen molar-refractivity contribution in [3.8, 4) is 5.75 Å². The lowest BCUT2D eigenvalue weighted by atomic mass is 9.98. The summed E-state index contributed by atoms with van der Waals surface area (Å²) in [6, 6.07) is 3.90. The summed E-state index contributed by atoms with van der Waals surface area (Å²) < 4.78 is 40.2. The Bertz CT molecular complexity index is 1790. The highest BCUT2D eigenvalue weighted by atomic mass is 32.2. The maximum Gasteiger partial charge on any atom is 0.362 e. The van der Waals surface area contributed by atoms with Gasteiger partial charge in [-0.05, 0) is 50.2 Å². The minimum absolute atomic E-state index is 0.0369. The average molecular weight is 706 g/mol. The van der Waals surface area contributed by atoms with Gasteiger partial charge in [0.2, 0.25) is 0 Å². The number of nitrogens with zero attached hydrogens (tertiary/aromatic N) is 7. The van der Waals surface area contributed by atoms with Gasteiger partial charge >= 0.3 is 16.3 Å². The molecule has 22 heteroatoms. The molecule has 5 rings (SSSR count). The molecule has 0 saturated carbocycles. The van der Waals surface area contributed by atoms with Crippen molar-refractivity contribution >= 4 is 56.1 Å². The number of nitrogen functional groups attached to an aromatic ring is 1. The number of carboxylic acids is 1. The number of anilines is 1. The number of amides is 2. The van der Waals surface area contributed by atoms with Crippen molar-refractivity contribution in [2.45, 2.75) is 43.6 Å². The third-order valence-corrected chi connectivity index (χ3v) is 8.87. The number of carbonyl (C=O) groups excluding carboxylic acids is 2. The molecule has 2 saturated heterocycles. The van der Waals surface area contributed by atoms with Crippen molar-refractivity contribution in [1.82, 2.24) is 34.7 Å². The zero-order chi connectivity index (χ0) is 34.4. The molecule has 1 unspecified atom stereocenters. The van der Waals surface area contributed by atoms with Gasteiger partial charge in [-0.1, -0.05) is 5.16 Å². The van der Waals surface area contributed by atoms with E-state index in [2.05, 4.69) is 35.8 Å². The molecule has 0 radical (unpaired) electrons. The number of ether oxygens (including phenoxy) is 1. The standard InChI is InChI=1S/C26H31N11O9S2/c27-22(32-15-5-7-29-8-6-15)14-1-3-16(4-2-14)45-10-19(25(40)41)46-35-20(17-11-47-26(28)33-17)23(38)34-21-18(9-36-13-30-12-31-36)37(24(21)39)48(42,43)44/h1-4,11-13,15,18-19,21,29H,5-10H2,(H2,27,32)(H2,28,33)(H,34,38)(H,40,41)(H,42,43,44)/b35-20-/t18-,19-,21?/m0/s1. The highest BCUT2D eigenvalue weighted by Crippen LogP contribution is 2.25. The molecular formula is C26H31N11O9S2. The number of nitrogens with two attached hydrogens (primary N) is 2. The predicted molar refractivity (Wildman–Crippen MR) is 168 cm³/mol. The third-order valence-electron chi connectivity index (χ3n) is 7.25. The topological polar surface area (TPSA) is 292 Å². The molecule has 48 heavy (non-hydrogen) atoms. The Morgan fingerprint density at radius 2 is 1.96 bits per heavy atom. The molecule has 1 aromatic carbocycles. The van der Waals surface area contributed by atoms with E-state index >= 15 is 0 Å². The average Bonchev–Trinajstić information content (AvgIpc) is 3.73. The third kappa shape index (κ3) is 8.20.